The molecule has 1 fully saturated rings. The van der Waals surface area contributed by atoms with Crippen LogP contribution in [0, 0.1) is 5.92 Å². The molecule has 0 aliphatic heterocycles. The van der Waals surface area contributed by atoms with Crippen molar-refractivity contribution in [3.63, 3.8) is 0 Å². The normalized spacial score (nSPS) is 20.4. The van der Waals surface area contributed by atoms with Gasteiger partial charge in [-0.05, 0) is 42.5 Å². The van der Waals surface area contributed by atoms with Crippen LogP contribution in [0.3, 0.4) is 0 Å². The summed E-state index contributed by atoms with van der Waals surface area (Å²) in [5, 5.41) is 13.9. The predicted molar refractivity (Wildman–Crippen MR) is 64.1 cm³/mol. The molecular weight excluding hydrogens is 204 g/mol. The smallest absolute Gasteiger partial charge is 0.0910 e. The zero-order valence-corrected chi connectivity index (χ0v) is 9.55. The van der Waals surface area contributed by atoms with Crippen molar-refractivity contribution in [2.75, 3.05) is 0 Å². The van der Waals surface area contributed by atoms with E-state index in [4.69, 9.17) is 0 Å². The zero-order valence-electron chi connectivity index (χ0n) is 8.73. The summed E-state index contributed by atoms with van der Waals surface area (Å²) in [7, 11) is 0. The van der Waals surface area contributed by atoms with Crippen LogP contribution >= 0.6 is 11.3 Å². The minimum Gasteiger partial charge on any atom is -0.385 e. The number of hydrogen-bond acceptors (Lipinski definition) is 2. The Labute approximate surface area is 93.4 Å². The van der Waals surface area contributed by atoms with E-state index in [-0.39, 0.29) is 0 Å². The third-order valence-electron chi connectivity index (χ3n) is 3.40. The Balaban J connectivity index is 2.20. The summed E-state index contributed by atoms with van der Waals surface area (Å²) < 4.78 is 1.24. The zero-order chi connectivity index (χ0) is 10.5. The Kier molecular flexibility index (Phi) is 1.91. The third-order valence-corrected chi connectivity index (χ3v) is 4.36. The fraction of sp³-hybridized carbons (Fsp3) is 0.385. The molecule has 78 valence electrons. The van der Waals surface area contributed by atoms with E-state index in [1.165, 1.54) is 10.1 Å². The first-order chi connectivity index (χ1) is 7.19. The van der Waals surface area contributed by atoms with Crippen molar-refractivity contribution in [1.29, 1.82) is 0 Å². The fourth-order valence-electron chi connectivity index (χ4n) is 2.26. The minimum absolute atomic E-state index is 0.463. The van der Waals surface area contributed by atoms with Crippen LogP contribution in [0.5, 0.6) is 0 Å². The van der Waals surface area contributed by atoms with Crippen LogP contribution in [0.15, 0.2) is 29.6 Å². The Morgan fingerprint density at radius 3 is 2.87 bits per heavy atom. The molecule has 3 rings (SSSR count). The SMILES string of the molecule is CC(O)(c1cccc2ccsc12)C1CC1. The quantitative estimate of drug-likeness (QED) is 0.817. The van der Waals surface area contributed by atoms with Gasteiger partial charge in [0.15, 0.2) is 0 Å². The van der Waals surface area contributed by atoms with E-state index < -0.39 is 5.60 Å². The van der Waals surface area contributed by atoms with Gasteiger partial charge in [0.2, 0.25) is 0 Å². The Morgan fingerprint density at radius 1 is 1.33 bits per heavy atom. The molecular formula is C13H14OS. The van der Waals surface area contributed by atoms with Gasteiger partial charge in [-0.2, -0.15) is 0 Å². The first kappa shape index (κ1) is 9.37. The summed E-state index contributed by atoms with van der Waals surface area (Å²) in [5.41, 5.74) is 0.474. The lowest BCUT2D eigenvalue weighted by Gasteiger charge is -2.24. The monoisotopic (exact) mass is 218 g/mol. The maximum atomic E-state index is 10.5. The van der Waals surface area contributed by atoms with Gasteiger partial charge in [0.25, 0.3) is 0 Å². The second kappa shape index (κ2) is 3.06. The lowest BCUT2D eigenvalue weighted by atomic mass is 9.90. The maximum absolute atomic E-state index is 10.5. The standard InChI is InChI=1S/C13H14OS/c1-13(14,10-5-6-10)11-4-2-3-9-7-8-15-12(9)11/h2-4,7-8,10,14H,5-6H2,1H3. The van der Waals surface area contributed by atoms with Gasteiger partial charge in [-0.25, -0.2) is 0 Å². The first-order valence-corrected chi connectivity index (χ1v) is 6.26. The Bertz CT molecular complexity index is 494. The molecule has 1 N–H and O–H groups in total. The molecule has 0 spiro atoms. The van der Waals surface area contributed by atoms with Crippen molar-refractivity contribution in [1.82, 2.24) is 0 Å². The van der Waals surface area contributed by atoms with E-state index in [9.17, 15) is 5.11 Å². The van der Waals surface area contributed by atoms with Crippen molar-refractivity contribution in [2.45, 2.75) is 25.4 Å². The van der Waals surface area contributed by atoms with Crippen molar-refractivity contribution < 1.29 is 5.11 Å². The Morgan fingerprint density at radius 2 is 2.13 bits per heavy atom. The number of fused-ring (bicyclic) bond motifs is 1. The van der Waals surface area contributed by atoms with E-state index >= 15 is 0 Å². The van der Waals surface area contributed by atoms with Gasteiger partial charge in [-0.1, -0.05) is 18.2 Å². The minimum atomic E-state index is -0.635. The molecule has 1 heterocycles. The lowest BCUT2D eigenvalue weighted by molar-refractivity contribution is 0.0347. The van der Waals surface area contributed by atoms with Gasteiger partial charge in [0.05, 0.1) is 5.60 Å². The van der Waals surface area contributed by atoms with E-state index in [2.05, 4.69) is 23.6 Å². The molecule has 0 bridgehead atoms. The van der Waals surface area contributed by atoms with Gasteiger partial charge in [0, 0.05) is 10.3 Å². The summed E-state index contributed by atoms with van der Waals surface area (Å²) in [4.78, 5) is 0. The Hall–Kier alpha value is -0.860. The van der Waals surface area contributed by atoms with Crippen LogP contribution in [0.25, 0.3) is 10.1 Å². The van der Waals surface area contributed by atoms with Crippen LogP contribution in [0.4, 0.5) is 0 Å². The number of hydrogen-bond donors (Lipinski definition) is 1. The highest BCUT2D eigenvalue weighted by Crippen LogP contribution is 2.47. The van der Waals surface area contributed by atoms with Crippen molar-refractivity contribution >= 4 is 21.4 Å². The van der Waals surface area contributed by atoms with E-state index in [1.807, 2.05) is 13.0 Å². The van der Waals surface area contributed by atoms with Gasteiger partial charge >= 0.3 is 0 Å². The van der Waals surface area contributed by atoms with Gasteiger partial charge in [-0.3, -0.25) is 0 Å². The fourth-order valence-corrected chi connectivity index (χ4v) is 3.28. The molecule has 0 radical (unpaired) electrons. The van der Waals surface area contributed by atoms with Crippen LogP contribution < -0.4 is 0 Å². The molecule has 1 aromatic carbocycles. The van der Waals surface area contributed by atoms with Crippen molar-refractivity contribution in [2.24, 2.45) is 5.92 Å². The molecule has 15 heavy (non-hydrogen) atoms. The van der Waals surface area contributed by atoms with E-state index in [1.54, 1.807) is 11.3 Å². The molecule has 1 aliphatic carbocycles. The third kappa shape index (κ3) is 1.40. The number of aliphatic hydroxyl groups is 1. The number of benzene rings is 1. The summed E-state index contributed by atoms with van der Waals surface area (Å²) in [5.74, 6) is 0.463. The average molecular weight is 218 g/mol. The van der Waals surface area contributed by atoms with E-state index in [0.717, 1.165) is 18.4 Å². The highest BCUT2D eigenvalue weighted by atomic mass is 32.1. The second-order valence-corrected chi connectivity index (χ2v) is 5.48. The molecule has 1 saturated carbocycles. The summed E-state index contributed by atoms with van der Waals surface area (Å²) >= 11 is 1.73. The molecule has 1 nitrogen and oxygen atoms in total. The molecule has 1 atom stereocenters. The van der Waals surface area contributed by atoms with Crippen LogP contribution in [-0.4, -0.2) is 5.11 Å². The summed E-state index contributed by atoms with van der Waals surface area (Å²) in [6.45, 7) is 1.96. The molecule has 0 amide bonds. The molecule has 2 aromatic rings. The van der Waals surface area contributed by atoms with Gasteiger partial charge in [-0.15, -0.1) is 11.3 Å². The van der Waals surface area contributed by atoms with Crippen molar-refractivity contribution in [3.05, 3.63) is 35.2 Å². The maximum Gasteiger partial charge on any atom is 0.0910 e. The molecule has 0 saturated heterocycles. The number of thiophene rings is 1. The molecule has 2 heteroatoms. The van der Waals surface area contributed by atoms with Gasteiger partial charge in [0.1, 0.15) is 0 Å². The predicted octanol–water partition coefficient (Wildman–Crippen LogP) is 3.52. The lowest BCUT2D eigenvalue weighted by Crippen LogP contribution is -2.23. The summed E-state index contributed by atoms with van der Waals surface area (Å²) in [6, 6.07) is 8.34. The largest absolute Gasteiger partial charge is 0.385 e. The highest BCUT2D eigenvalue weighted by molar-refractivity contribution is 7.17. The number of rotatable bonds is 2. The first-order valence-electron chi connectivity index (χ1n) is 5.38. The van der Waals surface area contributed by atoms with Crippen LogP contribution in [0.2, 0.25) is 0 Å². The van der Waals surface area contributed by atoms with Crippen LogP contribution in [-0.2, 0) is 5.60 Å². The van der Waals surface area contributed by atoms with E-state index in [0.29, 0.717) is 5.92 Å². The molecule has 1 aromatic heterocycles. The topological polar surface area (TPSA) is 20.2 Å². The molecule has 1 aliphatic rings. The second-order valence-electron chi connectivity index (χ2n) is 4.57. The van der Waals surface area contributed by atoms with Crippen molar-refractivity contribution in [3.8, 4) is 0 Å². The summed E-state index contributed by atoms with van der Waals surface area (Å²) in [6.07, 6.45) is 2.32. The van der Waals surface area contributed by atoms with Gasteiger partial charge < -0.3 is 5.11 Å². The van der Waals surface area contributed by atoms with Crippen LogP contribution in [0.1, 0.15) is 25.3 Å². The highest BCUT2D eigenvalue weighted by Gasteiger charge is 2.42. The average Bonchev–Trinajstić information content (AvgIpc) is 2.97. The molecule has 1 unspecified atom stereocenters.